The Morgan fingerprint density at radius 3 is 2.80 bits per heavy atom. The molecule has 2 rings (SSSR count). The van der Waals surface area contributed by atoms with Crippen molar-refractivity contribution in [2.24, 2.45) is 5.41 Å². The SMILES string of the molecule is CC1(C(=O)Cc2cc(Br)ccc2F)CC1. The van der Waals surface area contributed by atoms with Crippen LogP contribution < -0.4 is 0 Å². The minimum Gasteiger partial charge on any atom is -0.299 e. The highest BCUT2D eigenvalue weighted by atomic mass is 79.9. The molecule has 80 valence electrons. The molecule has 0 unspecified atom stereocenters. The highest BCUT2D eigenvalue weighted by Gasteiger charge is 2.44. The molecule has 0 aromatic heterocycles. The molecule has 0 saturated heterocycles. The van der Waals surface area contributed by atoms with Crippen LogP contribution in [0.2, 0.25) is 0 Å². The van der Waals surface area contributed by atoms with Crippen LogP contribution >= 0.6 is 15.9 Å². The first-order valence-corrected chi connectivity index (χ1v) is 5.78. The topological polar surface area (TPSA) is 17.1 Å². The lowest BCUT2D eigenvalue weighted by Gasteiger charge is -2.08. The summed E-state index contributed by atoms with van der Waals surface area (Å²) in [6.07, 6.45) is 2.10. The van der Waals surface area contributed by atoms with E-state index >= 15 is 0 Å². The van der Waals surface area contributed by atoms with E-state index in [0.717, 1.165) is 17.3 Å². The van der Waals surface area contributed by atoms with Gasteiger partial charge in [0, 0.05) is 16.3 Å². The van der Waals surface area contributed by atoms with Gasteiger partial charge in [-0.05, 0) is 36.6 Å². The van der Waals surface area contributed by atoms with E-state index < -0.39 is 0 Å². The lowest BCUT2D eigenvalue weighted by molar-refractivity contribution is -0.122. The maximum Gasteiger partial charge on any atom is 0.143 e. The summed E-state index contributed by atoms with van der Waals surface area (Å²) in [6, 6.07) is 4.71. The predicted octanol–water partition coefficient (Wildman–Crippen LogP) is 3.50. The molecule has 1 nitrogen and oxygen atoms in total. The molecule has 1 fully saturated rings. The molecule has 1 saturated carbocycles. The monoisotopic (exact) mass is 270 g/mol. The second-order valence-corrected chi connectivity index (χ2v) is 5.31. The summed E-state index contributed by atoms with van der Waals surface area (Å²) in [5.74, 6) is -0.143. The van der Waals surface area contributed by atoms with E-state index in [2.05, 4.69) is 15.9 Å². The van der Waals surface area contributed by atoms with Gasteiger partial charge < -0.3 is 0 Å². The Kier molecular flexibility index (Phi) is 2.67. The van der Waals surface area contributed by atoms with Gasteiger partial charge in [-0.2, -0.15) is 0 Å². The fourth-order valence-electron chi connectivity index (χ4n) is 1.53. The smallest absolute Gasteiger partial charge is 0.143 e. The average molecular weight is 271 g/mol. The van der Waals surface area contributed by atoms with E-state index in [0.29, 0.717) is 5.56 Å². The first-order chi connectivity index (χ1) is 7.01. The van der Waals surface area contributed by atoms with E-state index in [1.54, 1.807) is 12.1 Å². The zero-order chi connectivity index (χ0) is 11.1. The fourth-order valence-corrected chi connectivity index (χ4v) is 1.94. The summed E-state index contributed by atoms with van der Waals surface area (Å²) >= 11 is 3.27. The molecular formula is C12H12BrFO. The molecule has 1 aliphatic carbocycles. The van der Waals surface area contributed by atoms with Crippen LogP contribution in [0, 0.1) is 11.2 Å². The number of halogens is 2. The number of carbonyl (C=O) groups is 1. The Bertz CT molecular complexity index is 410. The van der Waals surface area contributed by atoms with Crippen LogP contribution in [0.1, 0.15) is 25.3 Å². The molecule has 0 amide bonds. The summed E-state index contributed by atoms with van der Waals surface area (Å²) in [6.45, 7) is 1.95. The summed E-state index contributed by atoms with van der Waals surface area (Å²) in [5, 5.41) is 0. The maximum absolute atomic E-state index is 13.4. The Labute approximate surface area is 96.8 Å². The normalized spacial score (nSPS) is 17.5. The van der Waals surface area contributed by atoms with Gasteiger partial charge in [-0.15, -0.1) is 0 Å². The molecule has 1 aliphatic rings. The Morgan fingerprint density at radius 1 is 1.53 bits per heavy atom. The second-order valence-electron chi connectivity index (χ2n) is 4.40. The third-order valence-electron chi connectivity index (χ3n) is 3.03. The van der Waals surface area contributed by atoms with Gasteiger partial charge in [-0.1, -0.05) is 22.9 Å². The average Bonchev–Trinajstić information content (AvgIpc) is 2.91. The van der Waals surface area contributed by atoms with Crippen molar-refractivity contribution < 1.29 is 9.18 Å². The second kappa shape index (κ2) is 3.71. The lowest BCUT2D eigenvalue weighted by Crippen LogP contribution is -2.15. The molecule has 15 heavy (non-hydrogen) atoms. The van der Waals surface area contributed by atoms with Gasteiger partial charge in [-0.3, -0.25) is 4.79 Å². The summed E-state index contributed by atoms with van der Waals surface area (Å²) in [4.78, 5) is 11.8. The maximum atomic E-state index is 13.4. The lowest BCUT2D eigenvalue weighted by atomic mass is 9.97. The zero-order valence-corrected chi connectivity index (χ0v) is 10.1. The van der Waals surface area contributed by atoms with Crippen molar-refractivity contribution in [3.8, 4) is 0 Å². The third-order valence-corrected chi connectivity index (χ3v) is 3.53. The summed E-state index contributed by atoms with van der Waals surface area (Å²) in [7, 11) is 0. The predicted molar refractivity (Wildman–Crippen MR) is 60.2 cm³/mol. The van der Waals surface area contributed by atoms with E-state index in [1.165, 1.54) is 6.07 Å². The third kappa shape index (κ3) is 2.28. The van der Waals surface area contributed by atoms with E-state index in [-0.39, 0.29) is 23.4 Å². The van der Waals surface area contributed by atoms with Crippen LogP contribution in [-0.2, 0) is 11.2 Å². The van der Waals surface area contributed by atoms with Gasteiger partial charge in [-0.25, -0.2) is 4.39 Å². The van der Waals surface area contributed by atoms with Crippen molar-refractivity contribution in [1.29, 1.82) is 0 Å². The van der Waals surface area contributed by atoms with Crippen molar-refractivity contribution in [2.75, 3.05) is 0 Å². The molecule has 0 radical (unpaired) electrons. The van der Waals surface area contributed by atoms with Crippen molar-refractivity contribution in [3.63, 3.8) is 0 Å². The van der Waals surface area contributed by atoms with Crippen LogP contribution in [0.3, 0.4) is 0 Å². The van der Waals surface area contributed by atoms with E-state index in [9.17, 15) is 9.18 Å². The number of benzene rings is 1. The van der Waals surface area contributed by atoms with Gasteiger partial charge in [0.1, 0.15) is 11.6 Å². The van der Waals surface area contributed by atoms with Gasteiger partial charge >= 0.3 is 0 Å². The minimum absolute atomic E-state index is 0.152. The Balaban J connectivity index is 2.16. The highest BCUT2D eigenvalue weighted by Crippen LogP contribution is 2.46. The molecule has 0 bridgehead atoms. The van der Waals surface area contributed by atoms with Crippen LogP contribution in [-0.4, -0.2) is 5.78 Å². The molecule has 0 atom stereocenters. The zero-order valence-electron chi connectivity index (χ0n) is 8.52. The van der Waals surface area contributed by atoms with Crippen LogP contribution in [0.25, 0.3) is 0 Å². The molecule has 0 N–H and O–H groups in total. The molecule has 1 aromatic carbocycles. The van der Waals surface area contributed by atoms with Gasteiger partial charge in [0.05, 0.1) is 0 Å². The van der Waals surface area contributed by atoms with Crippen molar-refractivity contribution in [3.05, 3.63) is 34.1 Å². The van der Waals surface area contributed by atoms with Gasteiger partial charge in [0.2, 0.25) is 0 Å². The van der Waals surface area contributed by atoms with E-state index in [4.69, 9.17) is 0 Å². The quantitative estimate of drug-likeness (QED) is 0.822. The van der Waals surface area contributed by atoms with Crippen LogP contribution in [0.15, 0.2) is 22.7 Å². The largest absolute Gasteiger partial charge is 0.299 e. The van der Waals surface area contributed by atoms with Gasteiger partial charge in [0.25, 0.3) is 0 Å². The van der Waals surface area contributed by atoms with Crippen molar-refractivity contribution >= 4 is 21.7 Å². The molecule has 0 spiro atoms. The number of hydrogen-bond acceptors (Lipinski definition) is 1. The molecular weight excluding hydrogens is 259 g/mol. The van der Waals surface area contributed by atoms with Crippen molar-refractivity contribution in [1.82, 2.24) is 0 Å². The summed E-state index contributed by atoms with van der Waals surface area (Å²) in [5.41, 5.74) is 0.317. The molecule has 1 aromatic rings. The van der Waals surface area contributed by atoms with Crippen LogP contribution in [0.4, 0.5) is 4.39 Å². The van der Waals surface area contributed by atoms with E-state index in [1.807, 2.05) is 6.92 Å². The number of hydrogen-bond donors (Lipinski definition) is 0. The Hall–Kier alpha value is -0.700. The molecule has 0 aliphatic heterocycles. The van der Waals surface area contributed by atoms with Gasteiger partial charge in [0.15, 0.2) is 0 Å². The summed E-state index contributed by atoms with van der Waals surface area (Å²) < 4.78 is 14.2. The highest BCUT2D eigenvalue weighted by molar-refractivity contribution is 9.10. The minimum atomic E-state index is -0.296. The molecule has 3 heteroatoms. The fraction of sp³-hybridized carbons (Fsp3) is 0.417. The van der Waals surface area contributed by atoms with Crippen molar-refractivity contribution in [2.45, 2.75) is 26.2 Å². The molecule has 0 heterocycles. The standard InChI is InChI=1S/C12H12BrFO/c1-12(4-5-12)11(15)7-8-6-9(13)2-3-10(8)14/h2-3,6H,4-5,7H2,1H3. The number of Topliss-reactive ketones (excluding diaryl/α,β-unsaturated/α-hetero) is 1. The number of rotatable bonds is 3. The Morgan fingerprint density at radius 2 is 2.20 bits per heavy atom. The first-order valence-electron chi connectivity index (χ1n) is 4.98. The number of carbonyl (C=O) groups excluding carboxylic acids is 1. The van der Waals surface area contributed by atoms with Crippen LogP contribution in [0.5, 0.6) is 0 Å². The number of ketones is 1. The first kappa shape index (κ1) is 10.8.